The lowest BCUT2D eigenvalue weighted by Crippen LogP contribution is -2.29. The van der Waals surface area contributed by atoms with E-state index in [1.165, 1.54) is 12.3 Å². The maximum Gasteiger partial charge on any atom is 0.264 e. The second kappa shape index (κ2) is 6.76. The van der Waals surface area contributed by atoms with Crippen LogP contribution in [0.2, 0.25) is 0 Å². The number of aromatic nitrogens is 2. The Morgan fingerprint density at radius 3 is 3.05 bits per heavy atom. The van der Waals surface area contributed by atoms with Crippen molar-refractivity contribution in [3.05, 3.63) is 39.0 Å². The Balaban J connectivity index is 1.98. The highest BCUT2D eigenvalue weighted by atomic mass is 79.9. The molecular formula is C12H12BrFN4OS. The van der Waals surface area contributed by atoms with E-state index in [-0.39, 0.29) is 11.0 Å². The monoisotopic (exact) mass is 358 g/mol. The molecule has 1 amide bonds. The number of hydrogen-bond donors (Lipinski definition) is 1. The van der Waals surface area contributed by atoms with Crippen LogP contribution in [-0.2, 0) is 4.79 Å². The molecule has 2 heterocycles. The first-order valence-electron chi connectivity index (χ1n) is 5.88. The summed E-state index contributed by atoms with van der Waals surface area (Å²) in [7, 11) is 0. The molecule has 1 atom stereocenters. The van der Waals surface area contributed by atoms with Gasteiger partial charge in [-0.3, -0.25) is 9.48 Å². The van der Waals surface area contributed by atoms with Gasteiger partial charge in [-0.2, -0.15) is 14.6 Å². The molecule has 0 aromatic carbocycles. The molecule has 0 saturated carbocycles. The number of hydrazone groups is 1. The lowest BCUT2D eigenvalue weighted by Gasteiger charge is -2.12. The molecule has 20 heavy (non-hydrogen) atoms. The minimum absolute atomic E-state index is 0.267. The van der Waals surface area contributed by atoms with Gasteiger partial charge in [-0.15, -0.1) is 11.3 Å². The van der Waals surface area contributed by atoms with Crippen molar-refractivity contribution in [2.24, 2.45) is 5.10 Å². The Morgan fingerprint density at radius 2 is 2.50 bits per heavy atom. The molecule has 0 bridgehead atoms. The second-order valence-corrected chi connectivity index (χ2v) is 5.92. The number of amides is 1. The lowest BCUT2D eigenvalue weighted by molar-refractivity contribution is -0.124. The summed E-state index contributed by atoms with van der Waals surface area (Å²) in [5.74, 6) is -0.267. The molecule has 0 aliphatic carbocycles. The summed E-state index contributed by atoms with van der Waals surface area (Å²) in [5.41, 5.74) is 2.44. The van der Waals surface area contributed by atoms with Crippen molar-refractivity contribution in [2.45, 2.75) is 19.4 Å². The number of rotatable bonds is 5. The van der Waals surface area contributed by atoms with Gasteiger partial charge >= 0.3 is 0 Å². The van der Waals surface area contributed by atoms with Gasteiger partial charge in [-0.1, -0.05) is 6.92 Å². The number of nitrogens with zero attached hydrogens (tertiary/aromatic N) is 3. The Hall–Kier alpha value is -1.54. The summed E-state index contributed by atoms with van der Waals surface area (Å²) < 4.78 is 15.1. The van der Waals surface area contributed by atoms with Gasteiger partial charge in [0.05, 0.1) is 21.8 Å². The van der Waals surface area contributed by atoms with E-state index in [1.807, 2.05) is 6.92 Å². The van der Waals surface area contributed by atoms with Crippen LogP contribution >= 0.6 is 27.3 Å². The highest BCUT2D eigenvalue weighted by Crippen LogP contribution is 2.15. The SMILES string of the molecule is CC[C@H](C(=O)N/N=C\c1ccc(F)s1)n1cc(Br)cn1. The third-order valence-electron chi connectivity index (χ3n) is 2.54. The van der Waals surface area contributed by atoms with Crippen LogP contribution in [0.5, 0.6) is 0 Å². The largest absolute Gasteiger partial charge is 0.271 e. The Bertz CT molecular complexity index is 625. The quantitative estimate of drug-likeness (QED) is 0.659. The summed E-state index contributed by atoms with van der Waals surface area (Å²) >= 11 is 4.25. The first-order chi connectivity index (χ1) is 9.60. The van der Waals surface area contributed by atoms with Crippen LogP contribution in [0.4, 0.5) is 4.39 Å². The highest BCUT2D eigenvalue weighted by molar-refractivity contribution is 9.10. The van der Waals surface area contributed by atoms with Crippen LogP contribution in [0.1, 0.15) is 24.3 Å². The van der Waals surface area contributed by atoms with Gasteiger partial charge in [0, 0.05) is 6.20 Å². The Kier molecular flexibility index (Phi) is 5.02. The van der Waals surface area contributed by atoms with Crippen molar-refractivity contribution in [1.82, 2.24) is 15.2 Å². The zero-order chi connectivity index (χ0) is 14.5. The van der Waals surface area contributed by atoms with E-state index in [2.05, 4.69) is 31.6 Å². The van der Waals surface area contributed by atoms with Crippen LogP contribution < -0.4 is 5.43 Å². The molecule has 2 aromatic rings. The molecule has 1 N–H and O–H groups in total. The standard InChI is InChI=1S/C12H12BrFN4OS/c1-2-10(18-7-8(13)5-16-18)12(19)17-15-6-9-3-4-11(14)20-9/h3-7,10H,2H2,1H3,(H,17,19)/b15-6-/t10-/m1/s1. The molecule has 2 rings (SSSR count). The fourth-order valence-electron chi connectivity index (χ4n) is 1.61. The molecule has 0 fully saturated rings. The molecule has 8 heteroatoms. The first-order valence-corrected chi connectivity index (χ1v) is 7.49. The third-order valence-corrected chi connectivity index (χ3v) is 3.76. The highest BCUT2D eigenvalue weighted by Gasteiger charge is 2.18. The number of nitrogens with one attached hydrogen (secondary N) is 1. The topological polar surface area (TPSA) is 59.3 Å². The lowest BCUT2D eigenvalue weighted by atomic mass is 10.2. The van der Waals surface area contributed by atoms with Crippen LogP contribution in [-0.4, -0.2) is 21.9 Å². The fraction of sp³-hybridized carbons (Fsp3) is 0.250. The number of hydrogen-bond acceptors (Lipinski definition) is 4. The van der Waals surface area contributed by atoms with Crippen molar-refractivity contribution < 1.29 is 9.18 Å². The van der Waals surface area contributed by atoms with Gasteiger partial charge in [-0.05, 0) is 34.5 Å². The van der Waals surface area contributed by atoms with Crippen LogP contribution in [0.3, 0.4) is 0 Å². The van der Waals surface area contributed by atoms with E-state index in [0.29, 0.717) is 11.3 Å². The molecular weight excluding hydrogens is 347 g/mol. The minimum atomic E-state index is -0.432. The molecule has 0 aliphatic rings. The molecule has 0 unspecified atom stereocenters. The molecule has 106 valence electrons. The van der Waals surface area contributed by atoms with Crippen LogP contribution in [0.25, 0.3) is 0 Å². The van der Waals surface area contributed by atoms with Gasteiger partial charge < -0.3 is 0 Å². The van der Waals surface area contributed by atoms with E-state index in [4.69, 9.17) is 0 Å². The maximum atomic E-state index is 12.8. The molecule has 2 aromatic heterocycles. The van der Waals surface area contributed by atoms with Crippen LogP contribution in [0, 0.1) is 5.13 Å². The van der Waals surface area contributed by atoms with Crippen molar-refractivity contribution in [1.29, 1.82) is 0 Å². The predicted octanol–water partition coefficient (Wildman–Crippen LogP) is 2.95. The van der Waals surface area contributed by atoms with Gasteiger partial charge in [0.15, 0.2) is 5.13 Å². The smallest absolute Gasteiger partial charge is 0.264 e. The summed E-state index contributed by atoms with van der Waals surface area (Å²) in [6.45, 7) is 1.89. The van der Waals surface area contributed by atoms with Crippen molar-refractivity contribution in [2.75, 3.05) is 0 Å². The van der Waals surface area contributed by atoms with E-state index in [0.717, 1.165) is 15.8 Å². The number of thiophene rings is 1. The van der Waals surface area contributed by atoms with Crippen molar-refractivity contribution >= 4 is 39.4 Å². The zero-order valence-corrected chi connectivity index (χ0v) is 13.0. The van der Waals surface area contributed by atoms with Gasteiger partial charge in [0.25, 0.3) is 5.91 Å². The Morgan fingerprint density at radius 1 is 1.70 bits per heavy atom. The van der Waals surface area contributed by atoms with E-state index >= 15 is 0 Å². The predicted molar refractivity (Wildman–Crippen MR) is 79.3 cm³/mol. The molecule has 0 saturated heterocycles. The minimum Gasteiger partial charge on any atom is -0.271 e. The molecule has 0 spiro atoms. The molecule has 0 aliphatic heterocycles. The average molecular weight is 359 g/mol. The third kappa shape index (κ3) is 3.73. The van der Waals surface area contributed by atoms with E-state index < -0.39 is 6.04 Å². The average Bonchev–Trinajstić information content (AvgIpc) is 3.00. The van der Waals surface area contributed by atoms with Crippen LogP contribution in [0.15, 0.2) is 34.1 Å². The number of carbonyl (C=O) groups excluding carboxylic acids is 1. The molecule has 5 nitrogen and oxygen atoms in total. The second-order valence-electron chi connectivity index (χ2n) is 3.94. The van der Waals surface area contributed by atoms with E-state index in [9.17, 15) is 9.18 Å². The summed E-state index contributed by atoms with van der Waals surface area (Å²) in [5, 5.41) is 7.62. The summed E-state index contributed by atoms with van der Waals surface area (Å²) in [4.78, 5) is 12.6. The normalized spacial score (nSPS) is 12.8. The summed E-state index contributed by atoms with van der Waals surface area (Å²) in [6, 6.07) is 2.51. The molecule has 0 radical (unpaired) electrons. The first kappa shape index (κ1) is 14.9. The van der Waals surface area contributed by atoms with Crippen molar-refractivity contribution in [3.8, 4) is 0 Å². The van der Waals surface area contributed by atoms with Gasteiger partial charge in [-0.25, -0.2) is 5.43 Å². The fourth-order valence-corrected chi connectivity index (χ4v) is 2.51. The number of halogens is 2. The van der Waals surface area contributed by atoms with Gasteiger partial charge in [0.2, 0.25) is 0 Å². The maximum absolute atomic E-state index is 12.8. The number of carbonyl (C=O) groups is 1. The van der Waals surface area contributed by atoms with E-state index in [1.54, 1.807) is 23.1 Å². The zero-order valence-electron chi connectivity index (χ0n) is 10.6. The Labute approximate surface area is 127 Å². The van der Waals surface area contributed by atoms with Crippen molar-refractivity contribution in [3.63, 3.8) is 0 Å². The summed E-state index contributed by atoms with van der Waals surface area (Å²) in [6.07, 6.45) is 5.35. The van der Waals surface area contributed by atoms with Gasteiger partial charge in [0.1, 0.15) is 6.04 Å².